The molecule has 0 unspecified atom stereocenters. The van der Waals surface area contributed by atoms with Crippen molar-refractivity contribution in [3.8, 4) is 0 Å². The van der Waals surface area contributed by atoms with Crippen molar-refractivity contribution in [2.75, 3.05) is 6.54 Å². The first-order valence-electron chi connectivity index (χ1n) is 8.69. The molecule has 1 fully saturated rings. The van der Waals surface area contributed by atoms with Crippen LogP contribution in [0.25, 0.3) is 0 Å². The van der Waals surface area contributed by atoms with Gasteiger partial charge in [-0.2, -0.15) is 5.10 Å². The highest BCUT2D eigenvalue weighted by Gasteiger charge is 2.40. The van der Waals surface area contributed by atoms with Crippen molar-refractivity contribution in [3.05, 3.63) is 53.4 Å². The lowest BCUT2D eigenvalue weighted by Gasteiger charge is -2.30. The highest BCUT2D eigenvalue weighted by molar-refractivity contribution is 5.76. The first kappa shape index (κ1) is 17.6. The van der Waals surface area contributed by atoms with Crippen molar-refractivity contribution in [2.45, 2.75) is 43.9 Å². The zero-order chi connectivity index (χ0) is 17.9. The van der Waals surface area contributed by atoms with E-state index in [-0.39, 0.29) is 18.0 Å². The minimum Gasteiger partial charge on any atom is -0.355 e. The number of rotatable bonds is 6. The maximum atomic E-state index is 14.3. The monoisotopic (exact) mass is 347 g/mol. The number of nitrogens with zero attached hydrogens (tertiary/aromatic N) is 2. The second-order valence-electron chi connectivity index (χ2n) is 6.88. The fourth-order valence-electron chi connectivity index (χ4n) is 3.79. The molecule has 6 heteroatoms. The fourth-order valence-corrected chi connectivity index (χ4v) is 3.79. The Labute approximate surface area is 146 Å². The molecule has 1 heterocycles. The molecule has 25 heavy (non-hydrogen) atoms. The number of benzene rings is 1. The van der Waals surface area contributed by atoms with Gasteiger partial charge in [-0.3, -0.25) is 9.48 Å². The first-order valence-corrected chi connectivity index (χ1v) is 8.69. The summed E-state index contributed by atoms with van der Waals surface area (Å²) in [5, 5.41) is 6.97. The second-order valence-corrected chi connectivity index (χ2v) is 6.88. The predicted molar refractivity (Wildman–Crippen MR) is 91.0 cm³/mol. The van der Waals surface area contributed by atoms with Crippen molar-refractivity contribution < 1.29 is 13.6 Å². The van der Waals surface area contributed by atoms with E-state index in [1.165, 1.54) is 18.2 Å². The molecule has 2 aromatic rings. The van der Waals surface area contributed by atoms with Crippen molar-refractivity contribution in [2.24, 2.45) is 7.05 Å². The Morgan fingerprint density at radius 3 is 2.56 bits per heavy atom. The van der Waals surface area contributed by atoms with E-state index in [4.69, 9.17) is 0 Å². The summed E-state index contributed by atoms with van der Waals surface area (Å²) in [6, 6.07) is 3.97. The Bertz CT molecular complexity index is 731. The molecule has 134 valence electrons. The lowest BCUT2D eigenvalue weighted by Crippen LogP contribution is -2.40. The molecule has 1 aliphatic carbocycles. The molecular weight excluding hydrogens is 324 g/mol. The van der Waals surface area contributed by atoms with Crippen LogP contribution in [0.4, 0.5) is 8.78 Å². The lowest BCUT2D eigenvalue weighted by atomic mass is 9.78. The largest absolute Gasteiger partial charge is 0.355 e. The molecule has 1 aromatic carbocycles. The maximum absolute atomic E-state index is 14.3. The van der Waals surface area contributed by atoms with Crippen molar-refractivity contribution in [3.63, 3.8) is 0 Å². The Morgan fingerprint density at radius 1 is 1.28 bits per heavy atom. The number of aryl methyl sites for hydroxylation is 2. The molecule has 1 saturated carbocycles. The molecule has 1 aromatic heterocycles. The third kappa shape index (κ3) is 3.89. The average molecular weight is 347 g/mol. The molecule has 0 radical (unpaired) electrons. The van der Waals surface area contributed by atoms with Gasteiger partial charge in [0, 0.05) is 37.2 Å². The van der Waals surface area contributed by atoms with Crippen LogP contribution < -0.4 is 5.32 Å². The zero-order valence-corrected chi connectivity index (χ0v) is 14.4. The highest BCUT2D eigenvalue weighted by atomic mass is 19.1. The molecule has 0 spiro atoms. The number of hydrogen-bond donors (Lipinski definition) is 1. The Hall–Kier alpha value is -2.24. The molecule has 3 rings (SSSR count). The molecule has 0 bridgehead atoms. The summed E-state index contributed by atoms with van der Waals surface area (Å²) in [4.78, 5) is 12.2. The number of hydrogen-bond acceptors (Lipinski definition) is 2. The van der Waals surface area contributed by atoms with Gasteiger partial charge in [-0.15, -0.1) is 0 Å². The number of amides is 1. The van der Waals surface area contributed by atoms with E-state index in [2.05, 4.69) is 10.4 Å². The molecule has 0 aliphatic heterocycles. The van der Waals surface area contributed by atoms with E-state index >= 15 is 0 Å². The zero-order valence-electron chi connectivity index (χ0n) is 14.4. The SMILES string of the molecule is Cn1cc(CCC(=O)NCC2(c3c(F)cccc3F)CCCC2)cn1. The van der Waals surface area contributed by atoms with Crippen molar-refractivity contribution in [1.29, 1.82) is 0 Å². The van der Waals surface area contributed by atoms with E-state index in [9.17, 15) is 13.6 Å². The van der Waals surface area contributed by atoms with Crippen LogP contribution in [0, 0.1) is 11.6 Å². The van der Waals surface area contributed by atoms with Crippen LogP contribution in [0.2, 0.25) is 0 Å². The van der Waals surface area contributed by atoms with Gasteiger partial charge in [-0.1, -0.05) is 18.9 Å². The van der Waals surface area contributed by atoms with E-state index in [1.54, 1.807) is 10.9 Å². The summed E-state index contributed by atoms with van der Waals surface area (Å²) < 4.78 is 30.3. The molecule has 1 amide bonds. The highest BCUT2D eigenvalue weighted by Crippen LogP contribution is 2.42. The minimum atomic E-state index is -0.639. The quantitative estimate of drug-likeness (QED) is 0.872. The van der Waals surface area contributed by atoms with Gasteiger partial charge in [-0.05, 0) is 37.0 Å². The molecule has 1 N–H and O–H groups in total. The Kier molecular flexibility index (Phi) is 5.16. The van der Waals surface area contributed by atoms with E-state index in [0.29, 0.717) is 25.7 Å². The topological polar surface area (TPSA) is 46.9 Å². The van der Waals surface area contributed by atoms with Crippen molar-refractivity contribution >= 4 is 5.91 Å². The third-order valence-corrected chi connectivity index (χ3v) is 5.08. The number of carbonyl (C=O) groups excluding carboxylic acids is 1. The summed E-state index contributed by atoms with van der Waals surface area (Å²) in [6.45, 7) is 0.275. The summed E-state index contributed by atoms with van der Waals surface area (Å²) in [7, 11) is 1.83. The fraction of sp³-hybridized carbons (Fsp3) is 0.474. The van der Waals surface area contributed by atoms with Crippen LogP contribution in [0.15, 0.2) is 30.6 Å². The van der Waals surface area contributed by atoms with Crippen molar-refractivity contribution in [1.82, 2.24) is 15.1 Å². The Balaban J connectivity index is 1.65. The number of nitrogens with one attached hydrogen (secondary N) is 1. The van der Waals surface area contributed by atoms with Gasteiger partial charge in [0.15, 0.2) is 0 Å². The van der Waals surface area contributed by atoms with Crippen LogP contribution in [-0.2, 0) is 23.7 Å². The van der Waals surface area contributed by atoms with Gasteiger partial charge in [0.2, 0.25) is 5.91 Å². The number of halogens is 2. The lowest BCUT2D eigenvalue weighted by molar-refractivity contribution is -0.121. The molecule has 4 nitrogen and oxygen atoms in total. The van der Waals surface area contributed by atoms with Gasteiger partial charge in [0.05, 0.1) is 6.20 Å². The maximum Gasteiger partial charge on any atom is 0.220 e. The van der Waals surface area contributed by atoms with E-state index in [0.717, 1.165) is 18.4 Å². The summed E-state index contributed by atoms with van der Waals surface area (Å²) in [5.41, 5.74) is 0.479. The van der Waals surface area contributed by atoms with Gasteiger partial charge in [0.1, 0.15) is 11.6 Å². The van der Waals surface area contributed by atoms with Gasteiger partial charge in [0.25, 0.3) is 0 Å². The van der Waals surface area contributed by atoms with Crippen LogP contribution in [0.1, 0.15) is 43.2 Å². The number of aromatic nitrogens is 2. The predicted octanol–water partition coefficient (Wildman–Crippen LogP) is 3.26. The third-order valence-electron chi connectivity index (χ3n) is 5.08. The van der Waals surface area contributed by atoms with Crippen LogP contribution in [-0.4, -0.2) is 22.2 Å². The van der Waals surface area contributed by atoms with Gasteiger partial charge in [-0.25, -0.2) is 8.78 Å². The second kappa shape index (κ2) is 7.33. The summed E-state index contributed by atoms with van der Waals surface area (Å²) in [6.07, 6.45) is 7.75. The standard InChI is InChI=1S/C19H23F2N3O/c1-24-12-14(11-23-24)7-8-17(25)22-13-19(9-2-3-10-19)18-15(20)5-4-6-16(18)21/h4-6,11-12H,2-3,7-10,13H2,1H3,(H,22,25). The van der Waals surface area contributed by atoms with Crippen LogP contribution in [0.3, 0.4) is 0 Å². The van der Waals surface area contributed by atoms with Gasteiger partial charge < -0.3 is 5.32 Å². The molecule has 1 aliphatic rings. The van der Waals surface area contributed by atoms with Crippen LogP contribution >= 0.6 is 0 Å². The molecule has 0 saturated heterocycles. The Morgan fingerprint density at radius 2 is 1.96 bits per heavy atom. The number of carbonyl (C=O) groups is 1. The summed E-state index contributed by atoms with van der Waals surface area (Å²) >= 11 is 0. The average Bonchev–Trinajstić information content (AvgIpc) is 3.21. The van der Waals surface area contributed by atoms with E-state index < -0.39 is 17.0 Å². The smallest absolute Gasteiger partial charge is 0.220 e. The minimum absolute atomic E-state index is 0.105. The first-order chi connectivity index (χ1) is 12.0. The van der Waals surface area contributed by atoms with Gasteiger partial charge >= 0.3 is 0 Å². The van der Waals surface area contributed by atoms with Crippen LogP contribution in [0.5, 0.6) is 0 Å². The molecule has 0 atom stereocenters. The molecular formula is C19H23F2N3O. The normalized spacial score (nSPS) is 16.1. The summed E-state index contributed by atoms with van der Waals surface area (Å²) in [5.74, 6) is -1.15. The van der Waals surface area contributed by atoms with E-state index in [1.807, 2.05) is 13.2 Å².